The molecular formula is C17H21F2N3O3. The third-order valence-corrected chi connectivity index (χ3v) is 5.07. The number of halogens is 2. The first-order chi connectivity index (χ1) is 12.0. The minimum absolute atomic E-state index is 0.00865. The van der Waals surface area contributed by atoms with Crippen LogP contribution in [0.15, 0.2) is 18.2 Å². The molecule has 25 heavy (non-hydrogen) atoms. The van der Waals surface area contributed by atoms with E-state index in [0.717, 1.165) is 6.07 Å². The van der Waals surface area contributed by atoms with Gasteiger partial charge in [0.2, 0.25) is 11.8 Å². The van der Waals surface area contributed by atoms with E-state index in [1.165, 1.54) is 19.2 Å². The van der Waals surface area contributed by atoms with Crippen LogP contribution in [0.1, 0.15) is 5.56 Å². The maximum atomic E-state index is 13.7. The van der Waals surface area contributed by atoms with Gasteiger partial charge in [-0.15, -0.1) is 0 Å². The Kier molecular flexibility index (Phi) is 5.01. The molecule has 136 valence electrons. The van der Waals surface area contributed by atoms with E-state index in [-0.39, 0.29) is 36.4 Å². The summed E-state index contributed by atoms with van der Waals surface area (Å²) < 4.78 is 31.9. The maximum absolute atomic E-state index is 13.7. The average Bonchev–Trinajstić information content (AvgIpc) is 3.14. The van der Waals surface area contributed by atoms with Crippen LogP contribution in [0.5, 0.6) is 0 Å². The second-order valence-corrected chi connectivity index (χ2v) is 6.59. The number of ether oxygens (including phenoxy) is 1. The number of carbonyl (C=O) groups excluding carboxylic acids is 2. The summed E-state index contributed by atoms with van der Waals surface area (Å²) in [6.45, 7) is 1.75. The van der Waals surface area contributed by atoms with Gasteiger partial charge in [0.1, 0.15) is 6.61 Å². The third kappa shape index (κ3) is 3.23. The Hall–Kier alpha value is -2.06. The van der Waals surface area contributed by atoms with Gasteiger partial charge in [-0.1, -0.05) is 12.1 Å². The highest BCUT2D eigenvalue weighted by Gasteiger charge is 2.55. The molecule has 2 aliphatic rings. The summed E-state index contributed by atoms with van der Waals surface area (Å²) in [6.07, 6.45) is 0. The number of hydrogen-bond donors (Lipinski definition) is 2. The number of benzene rings is 1. The predicted molar refractivity (Wildman–Crippen MR) is 85.5 cm³/mol. The van der Waals surface area contributed by atoms with Gasteiger partial charge in [-0.3, -0.25) is 9.59 Å². The predicted octanol–water partition coefficient (Wildman–Crippen LogP) is 0.275. The zero-order valence-corrected chi connectivity index (χ0v) is 14.0. The fourth-order valence-corrected chi connectivity index (χ4v) is 3.68. The SMILES string of the molecule is COCC(=O)N1C[C@@H]2CNC[C@]2(C(=O)NCc2cccc(F)c2F)C1. The minimum atomic E-state index is -0.954. The second kappa shape index (κ2) is 7.05. The van der Waals surface area contributed by atoms with Gasteiger partial charge in [0, 0.05) is 51.3 Å². The molecule has 2 heterocycles. The first-order valence-corrected chi connectivity index (χ1v) is 8.16. The molecule has 0 aliphatic carbocycles. The smallest absolute Gasteiger partial charge is 0.248 e. The van der Waals surface area contributed by atoms with Gasteiger partial charge in [0.15, 0.2) is 11.6 Å². The van der Waals surface area contributed by atoms with Crippen LogP contribution in [0.4, 0.5) is 8.78 Å². The Bertz CT molecular complexity index is 685. The molecule has 0 saturated carbocycles. The van der Waals surface area contributed by atoms with E-state index < -0.39 is 17.0 Å². The highest BCUT2D eigenvalue weighted by Crippen LogP contribution is 2.39. The van der Waals surface area contributed by atoms with Gasteiger partial charge < -0.3 is 20.3 Å². The summed E-state index contributed by atoms with van der Waals surface area (Å²) in [6, 6.07) is 3.87. The summed E-state index contributed by atoms with van der Waals surface area (Å²) in [5.74, 6) is -2.31. The number of nitrogens with zero attached hydrogens (tertiary/aromatic N) is 1. The van der Waals surface area contributed by atoms with Gasteiger partial charge in [0.05, 0.1) is 5.41 Å². The standard InChI is InChI=1S/C17H21F2N3O3/c1-25-8-14(23)22-7-12-6-20-9-17(12,10-22)16(24)21-5-11-3-2-4-13(18)15(11)19/h2-4,12,20H,5-10H2,1H3,(H,21,24)/t12-,17-/m0/s1. The summed E-state index contributed by atoms with van der Waals surface area (Å²) in [5.41, 5.74) is -0.648. The zero-order chi connectivity index (χ0) is 18.0. The van der Waals surface area contributed by atoms with Gasteiger partial charge >= 0.3 is 0 Å². The minimum Gasteiger partial charge on any atom is -0.375 e. The van der Waals surface area contributed by atoms with Crippen LogP contribution in [0, 0.1) is 23.0 Å². The highest BCUT2D eigenvalue weighted by atomic mass is 19.2. The molecule has 2 aliphatic heterocycles. The van der Waals surface area contributed by atoms with E-state index in [1.54, 1.807) is 4.90 Å². The molecule has 0 unspecified atom stereocenters. The van der Waals surface area contributed by atoms with E-state index in [9.17, 15) is 18.4 Å². The Morgan fingerprint density at radius 3 is 3.00 bits per heavy atom. The second-order valence-electron chi connectivity index (χ2n) is 6.59. The van der Waals surface area contributed by atoms with Crippen molar-refractivity contribution >= 4 is 11.8 Å². The first kappa shape index (κ1) is 17.8. The Balaban J connectivity index is 1.69. The highest BCUT2D eigenvalue weighted by molar-refractivity contribution is 5.86. The number of carbonyl (C=O) groups is 2. The normalized spacial score (nSPS) is 25.1. The largest absolute Gasteiger partial charge is 0.375 e. The lowest BCUT2D eigenvalue weighted by molar-refractivity contribution is -0.135. The van der Waals surface area contributed by atoms with Gasteiger partial charge in [-0.25, -0.2) is 8.78 Å². The topological polar surface area (TPSA) is 70.7 Å². The van der Waals surface area contributed by atoms with Crippen LogP contribution in [-0.4, -0.2) is 56.6 Å². The van der Waals surface area contributed by atoms with Crippen LogP contribution in [-0.2, 0) is 20.9 Å². The molecule has 1 aromatic rings. The van der Waals surface area contributed by atoms with Crippen molar-refractivity contribution in [3.8, 4) is 0 Å². The molecule has 8 heteroatoms. The van der Waals surface area contributed by atoms with Crippen LogP contribution in [0.25, 0.3) is 0 Å². The van der Waals surface area contributed by atoms with Gasteiger partial charge in [0.25, 0.3) is 0 Å². The van der Waals surface area contributed by atoms with E-state index in [2.05, 4.69) is 10.6 Å². The molecular weight excluding hydrogens is 332 g/mol. The number of rotatable bonds is 5. The molecule has 1 aromatic carbocycles. The quantitative estimate of drug-likeness (QED) is 0.798. The summed E-state index contributed by atoms with van der Waals surface area (Å²) in [4.78, 5) is 26.5. The lowest BCUT2D eigenvalue weighted by Crippen LogP contribution is -2.47. The fraction of sp³-hybridized carbons (Fsp3) is 0.529. The lowest BCUT2D eigenvalue weighted by Gasteiger charge is -2.26. The van der Waals surface area contributed by atoms with Gasteiger partial charge in [-0.2, -0.15) is 0 Å². The lowest BCUT2D eigenvalue weighted by atomic mass is 9.80. The van der Waals surface area contributed by atoms with Crippen LogP contribution in [0.2, 0.25) is 0 Å². The Labute approximate surface area is 144 Å². The van der Waals surface area contributed by atoms with Gasteiger partial charge in [-0.05, 0) is 6.07 Å². The molecule has 3 rings (SSSR count). The van der Waals surface area contributed by atoms with E-state index in [4.69, 9.17) is 4.74 Å². The molecule has 6 nitrogen and oxygen atoms in total. The Morgan fingerprint density at radius 2 is 2.24 bits per heavy atom. The zero-order valence-electron chi connectivity index (χ0n) is 14.0. The molecule has 2 fully saturated rings. The molecule has 0 radical (unpaired) electrons. The molecule has 0 bridgehead atoms. The molecule has 2 amide bonds. The van der Waals surface area contributed by atoms with Crippen molar-refractivity contribution in [3.63, 3.8) is 0 Å². The number of likely N-dealkylation sites (tertiary alicyclic amines) is 1. The van der Waals surface area contributed by atoms with E-state index >= 15 is 0 Å². The number of methoxy groups -OCH3 is 1. The maximum Gasteiger partial charge on any atom is 0.248 e. The fourth-order valence-electron chi connectivity index (χ4n) is 3.68. The first-order valence-electron chi connectivity index (χ1n) is 8.16. The third-order valence-electron chi connectivity index (χ3n) is 5.07. The van der Waals surface area contributed by atoms with Crippen LogP contribution < -0.4 is 10.6 Å². The average molecular weight is 353 g/mol. The number of hydrogen-bond acceptors (Lipinski definition) is 4. The number of amides is 2. The van der Waals surface area contributed by atoms with Crippen molar-refractivity contribution in [3.05, 3.63) is 35.4 Å². The van der Waals surface area contributed by atoms with Crippen molar-refractivity contribution in [1.29, 1.82) is 0 Å². The summed E-state index contributed by atoms with van der Waals surface area (Å²) in [7, 11) is 1.45. The molecule has 0 aromatic heterocycles. The Morgan fingerprint density at radius 1 is 1.44 bits per heavy atom. The molecule has 2 N–H and O–H groups in total. The summed E-state index contributed by atoms with van der Waals surface area (Å²) in [5, 5.41) is 5.90. The number of nitrogens with one attached hydrogen (secondary N) is 2. The summed E-state index contributed by atoms with van der Waals surface area (Å²) >= 11 is 0. The van der Waals surface area contributed by atoms with Crippen molar-refractivity contribution in [2.24, 2.45) is 11.3 Å². The van der Waals surface area contributed by atoms with Crippen molar-refractivity contribution in [1.82, 2.24) is 15.5 Å². The van der Waals surface area contributed by atoms with Crippen molar-refractivity contribution < 1.29 is 23.1 Å². The molecule has 2 saturated heterocycles. The number of fused-ring (bicyclic) bond motifs is 1. The monoisotopic (exact) mass is 353 g/mol. The van der Waals surface area contributed by atoms with Crippen molar-refractivity contribution in [2.45, 2.75) is 6.54 Å². The molecule has 2 atom stereocenters. The van der Waals surface area contributed by atoms with E-state index in [1.807, 2.05) is 0 Å². The van der Waals surface area contributed by atoms with Crippen molar-refractivity contribution in [2.75, 3.05) is 39.9 Å². The van der Waals surface area contributed by atoms with Crippen LogP contribution >= 0.6 is 0 Å². The van der Waals surface area contributed by atoms with Crippen LogP contribution in [0.3, 0.4) is 0 Å². The molecule has 0 spiro atoms. The van der Waals surface area contributed by atoms with E-state index in [0.29, 0.717) is 26.2 Å².